The lowest BCUT2D eigenvalue weighted by atomic mass is 9.95. The minimum absolute atomic E-state index is 0.00571. The Labute approximate surface area is 153 Å². The highest BCUT2D eigenvalue weighted by Crippen LogP contribution is 2.31. The average Bonchev–Trinajstić information content (AvgIpc) is 3.50. The number of nitrogens with zero attached hydrogens (tertiary/aromatic N) is 2. The number of likely N-dealkylation sites (tertiary alicyclic amines) is 1. The van der Waals surface area contributed by atoms with E-state index in [-0.39, 0.29) is 30.3 Å². The van der Waals surface area contributed by atoms with Gasteiger partial charge in [0.15, 0.2) is 0 Å². The van der Waals surface area contributed by atoms with E-state index in [4.69, 9.17) is 0 Å². The van der Waals surface area contributed by atoms with Crippen LogP contribution in [0.4, 0.5) is 0 Å². The number of hydrogen-bond donors (Lipinski definition) is 1. The summed E-state index contributed by atoms with van der Waals surface area (Å²) in [6, 6.07) is 9.29. The first kappa shape index (κ1) is 18.4. The summed E-state index contributed by atoms with van der Waals surface area (Å²) in [6.07, 6.45) is 3.43. The highest BCUT2D eigenvalue weighted by molar-refractivity contribution is 5.94. The van der Waals surface area contributed by atoms with E-state index in [1.807, 2.05) is 18.2 Å². The molecule has 1 aliphatic carbocycles. The van der Waals surface area contributed by atoms with Gasteiger partial charge in [-0.2, -0.15) is 0 Å². The van der Waals surface area contributed by atoms with Crippen molar-refractivity contribution in [2.24, 2.45) is 11.8 Å². The van der Waals surface area contributed by atoms with Crippen molar-refractivity contribution >= 4 is 17.8 Å². The number of piperidine rings is 1. The van der Waals surface area contributed by atoms with Crippen molar-refractivity contribution in [3.8, 4) is 0 Å². The monoisotopic (exact) mass is 358 g/mol. The zero-order chi connectivity index (χ0) is 18.7. The molecule has 2 aliphatic rings. The van der Waals surface area contributed by atoms with Crippen LogP contribution in [0.3, 0.4) is 0 Å². The van der Waals surface area contributed by atoms with Crippen molar-refractivity contribution in [2.45, 2.75) is 38.6 Å². The van der Waals surface area contributed by atoms with Gasteiger partial charge in [-0.1, -0.05) is 25.1 Å². The van der Waals surface area contributed by atoms with Crippen LogP contribution in [-0.2, 0) is 9.59 Å². The van der Waals surface area contributed by atoms with Crippen LogP contribution in [0.15, 0.2) is 30.3 Å². The van der Waals surface area contributed by atoms with Crippen LogP contribution in [0.25, 0.3) is 0 Å². The van der Waals surface area contributed by atoms with Crippen LogP contribution in [0.1, 0.15) is 43.0 Å². The fraction of sp³-hybridized carbons (Fsp3) is 0.550. The third-order valence-electron chi connectivity index (χ3n) is 5.24. The largest absolute Gasteiger partial charge is 0.481 e. The molecular weight excluding hydrogens is 332 g/mol. The van der Waals surface area contributed by atoms with Crippen molar-refractivity contribution in [3.05, 3.63) is 35.9 Å². The molecule has 6 heteroatoms. The van der Waals surface area contributed by atoms with Crippen molar-refractivity contribution in [2.75, 3.05) is 19.6 Å². The number of amides is 2. The molecule has 6 nitrogen and oxygen atoms in total. The van der Waals surface area contributed by atoms with Crippen LogP contribution in [0.5, 0.6) is 0 Å². The Morgan fingerprint density at radius 2 is 1.88 bits per heavy atom. The second kappa shape index (κ2) is 7.89. The lowest BCUT2D eigenvalue weighted by molar-refractivity contribution is -0.144. The minimum Gasteiger partial charge on any atom is -0.481 e. The van der Waals surface area contributed by atoms with Gasteiger partial charge in [-0.25, -0.2) is 0 Å². The molecule has 1 aromatic carbocycles. The second-order valence-corrected chi connectivity index (χ2v) is 7.42. The molecule has 0 aromatic heterocycles. The van der Waals surface area contributed by atoms with Gasteiger partial charge in [0.1, 0.15) is 0 Å². The highest BCUT2D eigenvalue weighted by Gasteiger charge is 2.39. The molecule has 2 atom stereocenters. The summed E-state index contributed by atoms with van der Waals surface area (Å²) in [4.78, 5) is 40.4. The van der Waals surface area contributed by atoms with Crippen LogP contribution < -0.4 is 0 Å². The molecule has 0 radical (unpaired) electrons. The van der Waals surface area contributed by atoms with Crippen LogP contribution in [0, 0.1) is 11.8 Å². The molecule has 2 amide bonds. The topological polar surface area (TPSA) is 77.9 Å². The predicted molar refractivity (Wildman–Crippen MR) is 96.6 cm³/mol. The van der Waals surface area contributed by atoms with Gasteiger partial charge in [0.05, 0.1) is 11.8 Å². The first-order chi connectivity index (χ1) is 12.5. The van der Waals surface area contributed by atoms with Crippen molar-refractivity contribution in [3.63, 3.8) is 0 Å². The molecule has 1 heterocycles. The van der Waals surface area contributed by atoms with E-state index in [0.717, 1.165) is 25.7 Å². The van der Waals surface area contributed by atoms with Crippen LogP contribution >= 0.6 is 0 Å². The summed E-state index contributed by atoms with van der Waals surface area (Å²) in [6.45, 7) is 2.96. The Bertz CT molecular complexity index is 672. The van der Waals surface area contributed by atoms with Gasteiger partial charge in [-0.3, -0.25) is 14.4 Å². The quantitative estimate of drug-likeness (QED) is 0.846. The zero-order valence-corrected chi connectivity index (χ0v) is 15.1. The summed E-state index contributed by atoms with van der Waals surface area (Å²) >= 11 is 0. The summed E-state index contributed by atoms with van der Waals surface area (Å²) in [5.41, 5.74) is 0.638. The number of aliphatic carboxylic acids is 1. The van der Waals surface area contributed by atoms with Crippen LogP contribution in [-0.4, -0.2) is 58.4 Å². The summed E-state index contributed by atoms with van der Waals surface area (Å²) < 4.78 is 0. The van der Waals surface area contributed by atoms with E-state index in [9.17, 15) is 19.5 Å². The predicted octanol–water partition coefficient (Wildman–Crippen LogP) is 2.25. The minimum atomic E-state index is -0.882. The lowest BCUT2D eigenvalue weighted by Gasteiger charge is -2.35. The molecular formula is C20H26N2O4. The Balaban J connectivity index is 1.66. The number of benzene rings is 1. The molecule has 140 valence electrons. The number of rotatable bonds is 6. The molecule has 3 rings (SSSR count). The summed E-state index contributed by atoms with van der Waals surface area (Å²) in [7, 11) is 0. The van der Waals surface area contributed by atoms with E-state index in [2.05, 4.69) is 0 Å². The molecule has 1 aliphatic heterocycles. The Morgan fingerprint density at radius 1 is 1.19 bits per heavy atom. The van der Waals surface area contributed by atoms with Gasteiger partial charge >= 0.3 is 5.97 Å². The van der Waals surface area contributed by atoms with E-state index in [0.29, 0.717) is 18.7 Å². The maximum atomic E-state index is 13.0. The van der Waals surface area contributed by atoms with Gasteiger partial charge in [0.25, 0.3) is 5.91 Å². The number of carbonyl (C=O) groups excluding carboxylic acids is 2. The Morgan fingerprint density at radius 3 is 2.50 bits per heavy atom. The van der Waals surface area contributed by atoms with Crippen LogP contribution in [0.2, 0.25) is 0 Å². The molecule has 1 aromatic rings. The fourth-order valence-electron chi connectivity index (χ4n) is 3.54. The van der Waals surface area contributed by atoms with Gasteiger partial charge in [-0.15, -0.1) is 0 Å². The summed E-state index contributed by atoms with van der Waals surface area (Å²) in [5.74, 6) is -1.73. The summed E-state index contributed by atoms with van der Waals surface area (Å²) in [5, 5.41) is 9.18. The SMILES string of the molecule is CC(CN(C(=O)C1CCCN(C(=O)c2ccccc2)C1)C1CC1)C(=O)O. The maximum absolute atomic E-state index is 13.0. The Hall–Kier alpha value is -2.37. The third kappa shape index (κ3) is 4.23. The highest BCUT2D eigenvalue weighted by atomic mass is 16.4. The molecule has 1 saturated carbocycles. The molecule has 26 heavy (non-hydrogen) atoms. The van der Waals surface area contributed by atoms with E-state index >= 15 is 0 Å². The second-order valence-electron chi connectivity index (χ2n) is 7.42. The number of carbonyl (C=O) groups is 3. The molecule has 0 spiro atoms. The molecule has 1 N–H and O–H groups in total. The van der Waals surface area contributed by atoms with Gasteiger partial charge < -0.3 is 14.9 Å². The van der Waals surface area contributed by atoms with Gasteiger partial charge in [-0.05, 0) is 37.8 Å². The number of carboxylic acid groups (broad SMARTS) is 1. The molecule has 2 fully saturated rings. The standard InChI is InChI=1S/C20H26N2O4/c1-14(20(25)26)12-22(17-9-10-17)19(24)16-8-5-11-21(13-16)18(23)15-6-3-2-4-7-15/h2-4,6-7,14,16-17H,5,8-13H2,1H3,(H,25,26). The number of hydrogen-bond acceptors (Lipinski definition) is 3. The molecule has 1 saturated heterocycles. The molecule has 0 bridgehead atoms. The van der Waals surface area contributed by atoms with E-state index in [1.165, 1.54) is 0 Å². The van der Waals surface area contributed by atoms with Crippen molar-refractivity contribution < 1.29 is 19.5 Å². The number of carboxylic acids is 1. The lowest BCUT2D eigenvalue weighted by Crippen LogP contribution is -2.48. The zero-order valence-electron chi connectivity index (χ0n) is 15.1. The molecule has 2 unspecified atom stereocenters. The normalized spacial score (nSPS) is 21.1. The average molecular weight is 358 g/mol. The third-order valence-corrected chi connectivity index (χ3v) is 5.24. The van der Waals surface area contributed by atoms with Gasteiger partial charge in [0, 0.05) is 31.2 Å². The van der Waals surface area contributed by atoms with Crippen molar-refractivity contribution in [1.29, 1.82) is 0 Å². The van der Waals surface area contributed by atoms with Gasteiger partial charge in [0.2, 0.25) is 5.91 Å². The van der Waals surface area contributed by atoms with E-state index < -0.39 is 11.9 Å². The maximum Gasteiger partial charge on any atom is 0.308 e. The first-order valence-electron chi connectivity index (χ1n) is 9.35. The fourth-order valence-corrected chi connectivity index (χ4v) is 3.54. The van der Waals surface area contributed by atoms with Crippen molar-refractivity contribution in [1.82, 2.24) is 9.80 Å². The first-order valence-corrected chi connectivity index (χ1v) is 9.35. The van der Waals surface area contributed by atoms with E-state index in [1.54, 1.807) is 28.9 Å². The smallest absolute Gasteiger partial charge is 0.308 e. The Kier molecular flexibility index (Phi) is 5.59.